The fraction of sp³-hybridized carbons (Fsp3) is 0.652. The normalized spacial score (nSPS) is 46.8. The molecule has 0 bridgehead atoms. The van der Waals surface area contributed by atoms with Gasteiger partial charge in [-0.1, -0.05) is 44.1 Å². The Morgan fingerprint density at radius 2 is 2.04 bits per heavy atom. The predicted molar refractivity (Wildman–Crippen MR) is 101 cm³/mol. The van der Waals surface area contributed by atoms with E-state index < -0.39 is 5.41 Å². The van der Waals surface area contributed by atoms with Crippen molar-refractivity contribution in [2.75, 3.05) is 6.61 Å². The second kappa shape index (κ2) is 5.51. The standard InChI is InChI=1S/C23H30O3/c1-14-11-19-17-6-5-15-12-16(25)7-9-21(15,2)18(17)8-10-22(19,3)23(14,4)20(26)13-24/h7-9,12,14,17,19,24H,5-6,10-11,13H2,1-4H3/t14-,17?,19?,21-,22-,23+/m0/s1. The largest absolute Gasteiger partial charge is 0.389 e. The SMILES string of the molecule is C[C@H]1CC2C3CCC4=CC(=O)C=C[C@]4(C)C3=CC[C@]2(C)[C@@]1(C)C(=O)CO. The maximum atomic E-state index is 12.8. The third-order valence-electron chi connectivity index (χ3n) is 8.84. The van der Waals surface area contributed by atoms with Gasteiger partial charge in [0.15, 0.2) is 11.6 Å². The number of fused-ring (bicyclic) bond motifs is 5. The summed E-state index contributed by atoms with van der Waals surface area (Å²) in [7, 11) is 0. The molecule has 3 heteroatoms. The first-order chi connectivity index (χ1) is 12.2. The summed E-state index contributed by atoms with van der Waals surface area (Å²) in [4.78, 5) is 24.6. The molecule has 0 aromatic heterocycles. The summed E-state index contributed by atoms with van der Waals surface area (Å²) in [6.07, 6.45) is 12.0. The van der Waals surface area contributed by atoms with E-state index in [2.05, 4.69) is 39.8 Å². The van der Waals surface area contributed by atoms with Crippen molar-refractivity contribution in [3.8, 4) is 0 Å². The Hall–Kier alpha value is -1.48. The van der Waals surface area contributed by atoms with Gasteiger partial charge in [-0.2, -0.15) is 0 Å². The fourth-order valence-corrected chi connectivity index (χ4v) is 6.85. The van der Waals surface area contributed by atoms with Gasteiger partial charge in [0.1, 0.15) is 6.61 Å². The summed E-state index contributed by atoms with van der Waals surface area (Å²) >= 11 is 0. The molecule has 0 aliphatic heterocycles. The van der Waals surface area contributed by atoms with Crippen LogP contribution in [0.4, 0.5) is 0 Å². The van der Waals surface area contributed by atoms with Crippen LogP contribution in [0.25, 0.3) is 0 Å². The number of carbonyl (C=O) groups excluding carboxylic acids is 2. The molecule has 4 aliphatic rings. The molecule has 26 heavy (non-hydrogen) atoms. The van der Waals surface area contributed by atoms with Crippen LogP contribution in [0.5, 0.6) is 0 Å². The van der Waals surface area contributed by atoms with Crippen molar-refractivity contribution in [1.82, 2.24) is 0 Å². The Labute approximate surface area is 156 Å². The number of allylic oxidation sites excluding steroid dienone is 6. The monoisotopic (exact) mass is 354 g/mol. The molecule has 0 spiro atoms. The fourth-order valence-electron chi connectivity index (χ4n) is 6.85. The van der Waals surface area contributed by atoms with E-state index in [-0.39, 0.29) is 34.9 Å². The van der Waals surface area contributed by atoms with Gasteiger partial charge < -0.3 is 5.11 Å². The number of carbonyl (C=O) groups is 2. The molecule has 3 nitrogen and oxygen atoms in total. The molecule has 0 aromatic rings. The lowest BCUT2D eigenvalue weighted by Crippen LogP contribution is -2.50. The first kappa shape index (κ1) is 17.9. The summed E-state index contributed by atoms with van der Waals surface area (Å²) in [5.41, 5.74) is 1.99. The first-order valence-electron chi connectivity index (χ1n) is 9.97. The van der Waals surface area contributed by atoms with Crippen molar-refractivity contribution < 1.29 is 14.7 Å². The van der Waals surface area contributed by atoms with E-state index in [1.54, 1.807) is 6.08 Å². The summed E-state index contributed by atoms with van der Waals surface area (Å²) < 4.78 is 0. The number of ketones is 2. The van der Waals surface area contributed by atoms with Gasteiger partial charge in [0.2, 0.25) is 0 Å². The zero-order valence-electron chi connectivity index (χ0n) is 16.3. The highest BCUT2D eigenvalue weighted by atomic mass is 16.3. The minimum atomic E-state index is -0.468. The summed E-state index contributed by atoms with van der Waals surface area (Å²) in [5.74, 6) is 1.30. The van der Waals surface area contributed by atoms with E-state index in [1.165, 1.54) is 11.1 Å². The van der Waals surface area contributed by atoms with E-state index in [0.29, 0.717) is 11.8 Å². The number of rotatable bonds is 2. The zero-order chi connectivity index (χ0) is 18.9. The van der Waals surface area contributed by atoms with E-state index in [9.17, 15) is 14.7 Å². The topological polar surface area (TPSA) is 54.4 Å². The second-order valence-corrected chi connectivity index (χ2v) is 9.56. The Bertz CT molecular complexity index is 772. The molecule has 0 aromatic carbocycles. The lowest BCUT2D eigenvalue weighted by Gasteiger charge is -2.54. The Morgan fingerprint density at radius 3 is 2.73 bits per heavy atom. The van der Waals surface area contributed by atoms with Crippen LogP contribution in [0.3, 0.4) is 0 Å². The van der Waals surface area contributed by atoms with E-state index in [4.69, 9.17) is 0 Å². The number of hydrogen-bond acceptors (Lipinski definition) is 3. The molecule has 2 unspecified atom stereocenters. The average Bonchev–Trinajstić information content (AvgIpc) is 2.83. The van der Waals surface area contributed by atoms with Crippen LogP contribution in [0.15, 0.2) is 35.5 Å². The molecular formula is C23H30O3. The minimum Gasteiger partial charge on any atom is -0.389 e. The van der Waals surface area contributed by atoms with E-state index in [1.807, 2.05) is 6.08 Å². The second-order valence-electron chi connectivity index (χ2n) is 9.56. The van der Waals surface area contributed by atoms with Crippen molar-refractivity contribution in [3.05, 3.63) is 35.5 Å². The molecule has 2 saturated carbocycles. The molecule has 4 aliphatic carbocycles. The van der Waals surface area contributed by atoms with E-state index in [0.717, 1.165) is 25.7 Å². The lowest BCUT2D eigenvalue weighted by atomic mass is 9.49. The Kier molecular flexibility index (Phi) is 3.80. The molecule has 0 radical (unpaired) electrons. The quantitative estimate of drug-likeness (QED) is 0.762. The summed E-state index contributed by atoms with van der Waals surface area (Å²) in [5, 5.41) is 9.62. The molecule has 6 atom stereocenters. The third-order valence-corrected chi connectivity index (χ3v) is 8.84. The number of hydrogen-bond donors (Lipinski definition) is 1. The van der Waals surface area contributed by atoms with Gasteiger partial charge >= 0.3 is 0 Å². The van der Waals surface area contributed by atoms with Gasteiger partial charge in [0.05, 0.1) is 0 Å². The van der Waals surface area contributed by atoms with Gasteiger partial charge in [0, 0.05) is 10.8 Å². The molecular weight excluding hydrogens is 324 g/mol. The van der Waals surface area contributed by atoms with Gasteiger partial charge in [-0.15, -0.1) is 0 Å². The summed E-state index contributed by atoms with van der Waals surface area (Å²) in [6.45, 7) is 8.44. The van der Waals surface area contributed by atoms with Crippen molar-refractivity contribution in [3.63, 3.8) is 0 Å². The van der Waals surface area contributed by atoms with Crippen molar-refractivity contribution in [2.45, 2.75) is 53.4 Å². The van der Waals surface area contributed by atoms with Crippen LogP contribution in [-0.4, -0.2) is 23.3 Å². The van der Waals surface area contributed by atoms with Crippen molar-refractivity contribution >= 4 is 11.6 Å². The molecule has 1 N–H and O–H groups in total. The number of Topliss-reactive ketones (excluding diaryl/α,β-unsaturated/α-hetero) is 1. The maximum absolute atomic E-state index is 12.8. The highest BCUT2D eigenvalue weighted by Gasteiger charge is 2.65. The van der Waals surface area contributed by atoms with Gasteiger partial charge in [-0.05, 0) is 67.9 Å². The molecule has 0 amide bonds. The van der Waals surface area contributed by atoms with Gasteiger partial charge in [-0.25, -0.2) is 0 Å². The molecule has 4 rings (SSSR count). The minimum absolute atomic E-state index is 0.00221. The van der Waals surface area contributed by atoms with Crippen LogP contribution in [0, 0.1) is 34.0 Å². The van der Waals surface area contributed by atoms with E-state index >= 15 is 0 Å². The average molecular weight is 354 g/mol. The van der Waals surface area contributed by atoms with Crippen LogP contribution in [-0.2, 0) is 9.59 Å². The highest BCUT2D eigenvalue weighted by Crippen LogP contribution is 2.69. The van der Waals surface area contributed by atoms with Gasteiger partial charge in [-0.3, -0.25) is 9.59 Å². The van der Waals surface area contributed by atoms with Crippen molar-refractivity contribution in [2.24, 2.45) is 34.0 Å². The molecule has 2 fully saturated rings. The molecule has 0 saturated heterocycles. The molecule has 140 valence electrons. The number of aliphatic hydroxyl groups is 1. The van der Waals surface area contributed by atoms with Crippen LogP contribution < -0.4 is 0 Å². The lowest BCUT2D eigenvalue weighted by molar-refractivity contribution is -0.141. The zero-order valence-corrected chi connectivity index (χ0v) is 16.3. The summed E-state index contributed by atoms with van der Waals surface area (Å²) in [6, 6.07) is 0. The third kappa shape index (κ3) is 1.98. The predicted octanol–water partition coefficient (Wildman–Crippen LogP) is 4.03. The maximum Gasteiger partial charge on any atom is 0.178 e. The van der Waals surface area contributed by atoms with Crippen LogP contribution in [0.1, 0.15) is 53.4 Å². The number of aliphatic hydroxyl groups excluding tert-OH is 1. The van der Waals surface area contributed by atoms with Crippen molar-refractivity contribution in [1.29, 1.82) is 0 Å². The van der Waals surface area contributed by atoms with Crippen LogP contribution >= 0.6 is 0 Å². The first-order valence-corrected chi connectivity index (χ1v) is 9.97. The Balaban J connectivity index is 1.79. The van der Waals surface area contributed by atoms with Gasteiger partial charge in [0.25, 0.3) is 0 Å². The smallest absolute Gasteiger partial charge is 0.178 e. The van der Waals surface area contributed by atoms with Crippen LogP contribution in [0.2, 0.25) is 0 Å². The Morgan fingerprint density at radius 1 is 1.31 bits per heavy atom. The molecule has 0 heterocycles. The highest BCUT2D eigenvalue weighted by molar-refractivity contribution is 6.01.